The van der Waals surface area contributed by atoms with Crippen LogP contribution in [-0.2, 0) is 61.8 Å². The third-order valence-electron chi connectivity index (χ3n) is 19.2. The molecular weight excluding hydrogens is 1520 g/mol. The second-order valence-corrected chi connectivity index (χ2v) is 28.4. The van der Waals surface area contributed by atoms with Gasteiger partial charge in [0.25, 0.3) is 24.7 Å². The number of ketones is 1. The van der Waals surface area contributed by atoms with Crippen molar-refractivity contribution in [2.45, 2.75) is 127 Å². The van der Waals surface area contributed by atoms with Crippen LogP contribution in [0.3, 0.4) is 0 Å². The molecule has 3 unspecified atom stereocenters. The van der Waals surface area contributed by atoms with Crippen molar-refractivity contribution in [1.29, 1.82) is 0 Å². The number of halogens is 15. The molecule has 11 aromatic rings. The molecule has 114 heavy (non-hydrogen) atoms. The van der Waals surface area contributed by atoms with Crippen molar-refractivity contribution in [2.24, 2.45) is 0 Å². The van der Waals surface area contributed by atoms with Gasteiger partial charge in [-0.2, -0.15) is 39.5 Å². The number of aromatic nitrogens is 5. The lowest BCUT2D eigenvalue weighted by Crippen LogP contribution is -2.38. The zero-order chi connectivity index (χ0) is 82.5. The maximum Gasteiger partial charge on any atom is 0.416 e. The van der Waals surface area contributed by atoms with Gasteiger partial charge in [0.05, 0.1) is 60.2 Å². The van der Waals surface area contributed by atoms with Crippen LogP contribution in [0.15, 0.2) is 170 Å². The molecule has 5 aromatic heterocycles. The number of carboxylic acids is 1. The van der Waals surface area contributed by atoms with E-state index >= 15 is 0 Å². The van der Waals surface area contributed by atoms with Gasteiger partial charge in [0.1, 0.15) is 11.4 Å². The van der Waals surface area contributed by atoms with E-state index in [-0.39, 0.29) is 54.3 Å². The molecule has 8 heterocycles. The van der Waals surface area contributed by atoms with Crippen molar-refractivity contribution in [2.75, 3.05) is 51.1 Å². The summed E-state index contributed by atoms with van der Waals surface area (Å²) in [4.78, 5) is 54.4. The fraction of sp³-hybridized carbons (Fsp3) is 0.317. The molecule has 0 spiro atoms. The van der Waals surface area contributed by atoms with Gasteiger partial charge < -0.3 is 55.1 Å². The van der Waals surface area contributed by atoms with Crippen LogP contribution in [0.2, 0.25) is 0 Å². The van der Waals surface area contributed by atoms with Crippen molar-refractivity contribution in [3.8, 4) is 33.8 Å². The summed E-state index contributed by atoms with van der Waals surface area (Å²) >= 11 is 0. The quantitative estimate of drug-likeness (QED) is 0.0307. The van der Waals surface area contributed by atoms with E-state index in [0.717, 1.165) is 151 Å². The molecule has 32 heteroatoms. The number of fused-ring (bicyclic) bond motifs is 3. The van der Waals surface area contributed by atoms with Crippen LogP contribution in [-0.4, -0.2) is 103 Å². The van der Waals surface area contributed by atoms with E-state index in [0.29, 0.717) is 74.3 Å². The summed E-state index contributed by atoms with van der Waals surface area (Å²) in [6.45, 7) is 7.40. The SMILES string of the molecule is CC(C)(F)C(=O)NCc1cnc(C(F)F)c(C(=O)Cc2ccc3c(c2)cc(-c2ccc(C(F)(F)F)cc2)n3C2CCOC2)c1.CC(C)(F)C(=O)NCc1cnc(C(F)F)c(C(=O)O)c1.Nc1ccc2c(c1)cc(-c1ccc(C(F)(F)F)cc1)n2C1CCOC1.Nc1ccc2c(c1)cc(-c1ccc(C(F)(F)F)cc1)n2C1CCOC1. The highest BCUT2D eigenvalue weighted by molar-refractivity contribution is 6.00. The fourth-order valence-electron chi connectivity index (χ4n) is 13.5. The Balaban J connectivity index is 0.000000158. The number of carbonyl (C=O) groups excluding carboxylic acids is 3. The number of carboxylic acid groups (broad SMARTS) is 1. The molecule has 6 aromatic carbocycles. The number of carbonyl (C=O) groups is 4. The van der Waals surface area contributed by atoms with E-state index in [1.165, 1.54) is 42.5 Å². The fourth-order valence-corrected chi connectivity index (χ4v) is 13.5. The topological polar surface area (TPSA) is 233 Å². The monoisotopic (exact) mass is 1600 g/mol. The predicted molar refractivity (Wildman–Crippen MR) is 397 cm³/mol. The highest BCUT2D eigenvalue weighted by Crippen LogP contribution is 2.42. The summed E-state index contributed by atoms with van der Waals surface area (Å²) in [5, 5.41) is 16.1. The summed E-state index contributed by atoms with van der Waals surface area (Å²) in [5.41, 5.74) is 12.6. The first-order chi connectivity index (χ1) is 53.7. The molecule has 3 saturated heterocycles. The number of alkyl halides is 15. The zero-order valence-corrected chi connectivity index (χ0v) is 61.4. The smallest absolute Gasteiger partial charge is 0.416 e. The van der Waals surface area contributed by atoms with Crippen molar-refractivity contribution < 1.29 is 104 Å². The number of hydrogen-bond donors (Lipinski definition) is 5. The van der Waals surface area contributed by atoms with Crippen LogP contribution in [0.5, 0.6) is 0 Å². The molecule has 14 rings (SSSR count). The van der Waals surface area contributed by atoms with Crippen molar-refractivity contribution in [3.63, 3.8) is 0 Å². The maximum absolute atomic E-state index is 13.9. The second kappa shape index (κ2) is 34.2. The molecule has 7 N–H and O–H groups in total. The van der Waals surface area contributed by atoms with E-state index in [9.17, 15) is 85.0 Å². The Morgan fingerprint density at radius 3 is 1.08 bits per heavy atom. The Morgan fingerprint density at radius 1 is 0.447 bits per heavy atom. The molecule has 2 amide bonds. The van der Waals surface area contributed by atoms with Crippen LogP contribution in [0.1, 0.15) is 143 Å². The number of anilines is 2. The summed E-state index contributed by atoms with van der Waals surface area (Å²) in [6.07, 6.45) is -14.8. The zero-order valence-electron chi connectivity index (χ0n) is 61.4. The highest BCUT2D eigenvalue weighted by Gasteiger charge is 2.35. The average Bonchev–Trinajstić information content (AvgIpc) is 1.62. The van der Waals surface area contributed by atoms with Crippen LogP contribution in [0.25, 0.3) is 66.5 Å². The number of pyridine rings is 2. The number of Topliss-reactive ketones (excluding diaryl/α,β-unsaturated/α-hetero) is 1. The van der Waals surface area contributed by atoms with Gasteiger partial charge in [0, 0.05) is 118 Å². The minimum atomic E-state index is -4.47. The van der Waals surface area contributed by atoms with Gasteiger partial charge in [-0.15, -0.1) is 0 Å². The third-order valence-corrected chi connectivity index (χ3v) is 19.2. The number of aromatic carboxylic acids is 1. The number of hydrogen-bond acceptors (Lipinski definition) is 11. The van der Waals surface area contributed by atoms with E-state index < -0.39 is 99.9 Å². The Bertz CT molecular complexity index is 5130. The van der Waals surface area contributed by atoms with E-state index in [2.05, 4.69) is 29.7 Å². The number of ether oxygens (including phenoxy) is 3. The van der Waals surface area contributed by atoms with Gasteiger partial charge in [-0.25, -0.2) is 31.1 Å². The lowest BCUT2D eigenvalue weighted by Gasteiger charge is -2.17. The van der Waals surface area contributed by atoms with Crippen molar-refractivity contribution in [3.05, 3.63) is 226 Å². The summed E-state index contributed by atoms with van der Waals surface area (Å²) in [5.74, 6) is -3.97. The van der Waals surface area contributed by atoms with Crippen LogP contribution >= 0.6 is 0 Å². The molecule has 0 saturated carbocycles. The van der Waals surface area contributed by atoms with Gasteiger partial charge in [-0.05, 0) is 196 Å². The number of amides is 2. The van der Waals surface area contributed by atoms with Gasteiger partial charge in [-0.3, -0.25) is 24.4 Å². The van der Waals surface area contributed by atoms with Crippen LogP contribution in [0.4, 0.5) is 77.2 Å². The number of benzene rings is 6. The van der Waals surface area contributed by atoms with Crippen LogP contribution < -0.4 is 22.1 Å². The molecule has 602 valence electrons. The Hall–Kier alpha value is -11.3. The standard InChI is InChI=1S/C32H29F6N3O3.2C19H17F3N2O.C12H13F3N2O3/c1-31(2,35)30(43)40-16-19-12-24(28(29(33)34)39-15-19)27(42)13-18-3-8-25-21(11-18)14-26(41(25)23-9-10-44-17-23)20-4-6-22(7-5-20)32(36,37)38;2*20-19(21,22)14-3-1-12(2-4-14)18-10-13-9-15(23)5-6-17(13)24(18)16-7-8-25-11-16;1-12(2,15)11(20)17-5-6-3-7(10(18)19)8(9(13)14)16-4-6/h3-8,11-12,14-15,23,29H,9-10,13,16-17H2,1-2H3,(H,40,43);2*1-6,9-10,16H,7-8,11,23H2;3-4,9H,5H2,1-2H3,(H,17,20)(H,18,19). The molecule has 3 aliphatic rings. The first kappa shape index (κ1) is 83.7. The first-order valence-electron chi connectivity index (χ1n) is 35.7. The normalized spacial score (nSPS) is 16.0. The minimum absolute atomic E-state index is 0.0526. The van der Waals surface area contributed by atoms with E-state index in [1.54, 1.807) is 18.2 Å². The van der Waals surface area contributed by atoms with Gasteiger partial charge >= 0.3 is 24.5 Å². The van der Waals surface area contributed by atoms with Gasteiger partial charge in [0.2, 0.25) is 0 Å². The number of nitrogen functional groups attached to an aromatic ring is 2. The molecule has 17 nitrogen and oxygen atoms in total. The summed E-state index contributed by atoms with van der Waals surface area (Å²) < 4.78 is 219. The molecule has 0 bridgehead atoms. The lowest BCUT2D eigenvalue weighted by molar-refractivity contribution is -0.138. The second-order valence-electron chi connectivity index (χ2n) is 28.4. The van der Waals surface area contributed by atoms with Gasteiger partial charge in [-0.1, -0.05) is 42.5 Å². The number of nitrogens with one attached hydrogen (secondary N) is 2. The Labute approximate surface area is 642 Å². The van der Waals surface area contributed by atoms with Crippen molar-refractivity contribution in [1.82, 2.24) is 34.3 Å². The van der Waals surface area contributed by atoms with E-state index in [4.69, 9.17) is 30.8 Å². The highest BCUT2D eigenvalue weighted by atomic mass is 19.4. The van der Waals surface area contributed by atoms with Gasteiger partial charge in [0.15, 0.2) is 17.1 Å². The molecule has 3 atom stereocenters. The number of rotatable bonds is 18. The first-order valence-corrected chi connectivity index (χ1v) is 35.7. The molecule has 0 radical (unpaired) electrons. The number of nitrogens with zero attached hydrogens (tertiary/aromatic N) is 5. The predicted octanol–water partition coefficient (Wildman–Crippen LogP) is 19.2. The Kier molecular flexibility index (Phi) is 25.1. The summed E-state index contributed by atoms with van der Waals surface area (Å²) in [7, 11) is 0. The third kappa shape index (κ3) is 19.8. The van der Waals surface area contributed by atoms with E-state index in [1.807, 2.05) is 59.2 Å². The minimum Gasteiger partial charge on any atom is -0.478 e. The van der Waals surface area contributed by atoms with Crippen LogP contribution in [0, 0.1) is 0 Å². The van der Waals surface area contributed by atoms with Crippen molar-refractivity contribution >= 4 is 67.7 Å². The molecule has 3 aliphatic heterocycles. The largest absolute Gasteiger partial charge is 0.478 e. The Morgan fingerprint density at radius 2 is 0.772 bits per heavy atom. The molecule has 0 aliphatic carbocycles. The average molecular weight is 1600 g/mol. The molecular formula is C82H76F15N9O8. The lowest BCUT2D eigenvalue weighted by atomic mass is 9.99. The number of nitrogens with two attached hydrogens (primary N) is 2. The molecule has 3 fully saturated rings. The maximum atomic E-state index is 13.9. The summed E-state index contributed by atoms with van der Waals surface area (Å²) in [6, 6.07) is 40.3.